The molecule has 1 aromatic heterocycles. The summed E-state index contributed by atoms with van der Waals surface area (Å²) in [4.78, 5) is 25.3. The Balaban J connectivity index is 1.47. The van der Waals surface area contributed by atoms with Gasteiger partial charge in [0.15, 0.2) is 0 Å². The van der Waals surface area contributed by atoms with E-state index in [2.05, 4.69) is 9.88 Å². The van der Waals surface area contributed by atoms with Crippen LogP contribution >= 0.6 is 0 Å². The first-order valence-electron chi connectivity index (χ1n) is 9.06. The zero-order valence-electron chi connectivity index (χ0n) is 14.6. The second-order valence-corrected chi connectivity index (χ2v) is 6.88. The third kappa shape index (κ3) is 3.36. The number of fused-ring (bicyclic) bond motifs is 1. The highest BCUT2D eigenvalue weighted by atomic mass is 16.7. The minimum Gasteiger partial charge on any atom is -0.481 e. The first-order chi connectivity index (χ1) is 12.3. The summed E-state index contributed by atoms with van der Waals surface area (Å²) in [6, 6.07) is 6.06. The molecule has 1 aromatic rings. The Bertz CT molecular complexity index is 620. The predicted molar refractivity (Wildman–Crippen MR) is 89.7 cm³/mol. The molecule has 0 aliphatic carbocycles. The van der Waals surface area contributed by atoms with E-state index in [9.17, 15) is 4.79 Å². The van der Waals surface area contributed by atoms with Crippen LogP contribution in [0.3, 0.4) is 0 Å². The van der Waals surface area contributed by atoms with E-state index >= 15 is 0 Å². The lowest BCUT2D eigenvalue weighted by Gasteiger charge is -2.29. The third-order valence-corrected chi connectivity index (χ3v) is 5.32. The van der Waals surface area contributed by atoms with Gasteiger partial charge in [0.25, 0.3) is 5.91 Å². The summed E-state index contributed by atoms with van der Waals surface area (Å²) in [5, 5.41) is 1.56. The third-order valence-electron chi connectivity index (χ3n) is 5.32. The second kappa shape index (κ2) is 7.27. The molecule has 1 amide bonds. The van der Waals surface area contributed by atoms with Crippen LogP contribution < -0.4 is 4.74 Å². The minimum atomic E-state index is -0.156. The second-order valence-electron chi connectivity index (χ2n) is 6.88. The minimum absolute atomic E-state index is 0.0383. The van der Waals surface area contributed by atoms with E-state index in [-0.39, 0.29) is 24.0 Å². The van der Waals surface area contributed by atoms with Gasteiger partial charge in [0.2, 0.25) is 5.88 Å². The lowest BCUT2D eigenvalue weighted by molar-refractivity contribution is -0.203. The first kappa shape index (κ1) is 16.8. The number of ether oxygens (including phenoxy) is 2. The number of nitrogens with zero attached hydrogens (tertiary/aromatic N) is 3. The Morgan fingerprint density at radius 2 is 2.28 bits per heavy atom. The normalized spacial score (nSPS) is 29.6. The molecule has 7 nitrogen and oxygen atoms in total. The molecule has 0 spiro atoms. The van der Waals surface area contributed by atoms with Crippen LogP contribution in [0, 0.1) is 5.92 Å². The van der Waals surface area contributed by atoms with Crippen LogP contribution in [-0.2, 0) is 20.9 Å². The Labute approximate surface area is 147 Å². The number of aromatic nitrogens is 1. The van der Waals surface area contributed by atoms with Crippen LogP contribution in [-0.4, -0.2) is 66.4 Å². The number of amides is 1. The summed E-state index contributed by atoms with van der Waals surface area (Å²) in [7, 11) is 1.62. The van der Waals surface area contributed by atoms with E-state index in [1.807, 2.05) is 18.2 Å². The van der Waals surface area contributed by atoms with Crippen LogP contribution in [0.1, 0.15) is 25.0 Å². The molecule has 4 rings (SSSR count). The molecule has 0 radical (unpaired) electrons. The van der Waals surface area contributed by atoms with E-state index < -0.39 is 0 Å². The topological polar surface area (TPSA) is 64.1 Å². The zero-order chi connectivity index (χ0) is 17.2. The quantitative estimate of drug-likeness (QED) is 0.816. The maximum atomic E-state index is 12.9. The van der Waals surface area contributed by atoms with Gasteiger partial charge in [-0.1, -0.05) is 6.07 Å². The van der Waals surface area contributed by atoms with Crippen molar-refractivity contribution in [2.45, 2.75) is 38.0 Å². The maximum absolute atomic E-state index is 12.9. The van der Waals surface area contributed by atoms with Gasteiger partial charge in [-0.2, -0.15) is 0 Å². The number of carbonyl (C=O) groups is 1. The van der Waals surface area contributed by atoms with Gasteiger partial charge in [0, 0.05) is 38.3 Å². The van der Waals surface area contributed by atoms with Crippen molar-refractivity contribution in [3.63, 3.8) is 0 Å². The number of carbonyl (C=O) groups excluding carboxylic acids is 1. The highest BCUT2D eigenvalue weighted by molar-refractivity contribution is 5.79. The first-order valence-corrected chi connectivity index (χ1v) is 9.06. The van der Waals surface area contributed by atoms with E-state index in [0.717, 1.165) is 25.0 Å². The van der Waals surface area contributed by atoms with E-state index in [4.69, 9.17) is 14.3 Å². The van der Waals surface area contributed by atoms with Gasteiger partial charge in [-0.25, -0.2) is 10.0 Å². The molecular formula is C18H25N3O4. The van der Waals surface area contributed by atoms with Crippen molar-refractivity contribution in [1.29, 1.82) is 0 Å². The molecule has 3 aliphatic heterocycles. The Morgan fingerprint density at radius 3 is 3.08 bits per heavy atom. The largest absolute Gasteiger partial charge is 0.481 e. The summed E-state index contributed by atoms with van der Waals surface area (Å²) >= 11 is 0. The summed E-state index contributed by atoms with van der Waals surface area (Å²) in [5.74, 6) is 0.527. The van der Waals surface area contributed by atoms with Gasteiger partial charge >= 0.3 is 0 Å². The average molecular weight is 347 g/mol. The number of hydrogen-bond acceptors (Lipinski definition) is 6. The number of hydrogen-bond donors (Lipinski definition) is 0. The molecule has 7 heteroatoms. The molecule has 0 bridgehead atoms. The van der Waals surface area contributed by atoms with Gasteiger partial charge < -0.3 is 9.47 Å². The molecule has 3 saturated heterocycles. The molecule has 3 aliphatic rings. The number of rotatable bonds is 4. The molecule has 136 valence electrons. The standard InChI is InChI=1S/C18H25N3O4/c1-23-16-6-4-5-13(19-16)11-20-12-14(17-15(20)7-10-24-17)18(22)21-8-2-3-9-25-21/h4-6,14-15,17H,2-3,7-12H2,1H3/t14-,15-,17+/m1/s1. The lowest BCUT2D eigenvalue weighted by atomic mass is 10.0. The van der Waals surface area contributed by atoms with Crippen molar-refractivity contribution >= 4 is 5.91 Å². The van der Waals surface area contributed by atoms with Crippen LogP contribution in [0.4, 0.5) is 0 Å². The van der Waals surface area contributed by atoms with Gasteiger partial charge in [0.05, 0.1) is 31.4 Å². The van der Waals surface area contributed by atoms with Gasteiger partial charge in [-0.05, 0) is 25.3 Å². The molecule has 0 saturated carbocycles. The van der Waals surface area contributed by atoms with Gasteiger partial charge in [-0.15, -0.1) is 0 Å². The summed E-state index contributed by atoms with van der Waals surface area (Å²) < 4.78 is 11.1. The van der Waals surface area contributed by atoms with Crippen molar-refractivity contribution in [1.82, 2.24) is 14.9 Å². The summed E-state index contributed by atoms with van der Waals surface area (Å²) in [6.07, 6.45) is 2.94. The molecule has 4 heterocycles. The average Bonchev–Trinajstić information content (AvgIpc) is 3.26. The number of likely N-dealkylation sites (tertiary alicyclic amines) is 1. The lowest BCUT2D eigenvalue weighted by Crippen LogP contribution is -2.43. The SMILES string of the molecule is COc1cccc(CN2C[C@@H](C(=O)N3CCCCO3)[C@@H]3OCC[C@H]32)n1. The van der Waals surface area contributed by atoms with Crippen LogP contribution in [0.25, 0.3) is 0 Å². The van der Waals surface area contributed by atoms with Crippen LogP contribution in [0.2, 0.25) is 0 Å². The van der Waals surface area contributed by atoms with Crippen molar-refractivity contribution in [3.05, 3.63) is 23.9 Å². The molecule has 3 fully saturated rings. The van der Waals surface area contributed by atoms with Crippen LogP contribution in [0.15, 0.2) is 18.2 Å². The number of hydroxylamine groups is 2. The predicted octanol–water partition coefficient (Wildman–Crippen LogP) is 1.23. The molecule has 3 atom stereocenters. The number of methoxy groups -OCH3 is 1. The smallest absolute Gasteiger partial charge is 0.253 e. The highest BCUT2D eigenvalue weighted by Gasteiger charge is 2.50. The maximum Gasteiger partial charge on any atom is 0.253 e. The van der Waals surface area contributed by atoms with E-state index in [1.54, 1.807) is 12.2 Å². The molecule has 0 unspecified atom stereocenters. The summed E-state index contributed by atoms with van der Waals surface area (Å²) in [6.45, 7) is 3.41. The number of pyridine rings is 1. The molecule has 0 aromatic carbocycles. The summed E-state index contributed by atoms with van der Waals surface area (Å²) in [5.41, 5.74) is 0.951. The molecule has 25 heavy (non-hydrogen) atoms. The fraction of sp³-hybridized carbons (Fsp3) is 0.667. The zero-order valence-corrected chi connectivity index (χ0v) is 14.6. The van der Waals surface area contributed by atoms with E-state index in [0.29, 0.717) is 38.7 Å². The highest BCUT2D eigenvalue weighted by Crippen LogP contribution is 2.35. The fourth-order valence-electron chi connectivity index (χ4n) is 4.09. The van der Waals surface area contributed by atoms with Crippen LogP contribution in [0.5, 0.6) is 5.88 Å². The van der Waals surface area contributed by atoms with Crippen molar-refractivity contribution in [3.8, 4) is 5.88 Å². The molecular weight excluding hydrogens is 322 g/mol. The van der Waals surface area contributed by atoms with E-state index in [1.165, 1.54) is 0 Å². The monoisotopic (exact) mass is 347 g/mol. The van der Waals surface area contributed by atoms with Gasteiger partial charge in [-0.3, -0.25) is 14.5 Å². The van der Waals surface area contributed by atoms with Crippen molar-refractivity contribution in [2.75, 3.05) is 33.4 Å². The van der Waals surface area contributed by atoms with Crippen molar-refractivity contribution in [2.24, 2.45) is 5.92 Å². The fourth-order valence-corrected chi connectivity index (χ4v) is 4.09. The Kier molecular flexibility index (Phi) is 4.87. The Morgan fingerprint density at radius 1 is 1.36 bits per heavy atom. The van der Waals surface area contributed by atoms with Gasteiger partial charge in [0.1, 0.15) is 0 Å². The Hall–Kier alpha value is -1.70. The van der Waals surface area contributed by atoms with Crippen molar-refractivity contribution < 1.29 is 19.1 Å². The molecule has 0 N–H and O–H groups in total.